The van der Waals surface area contributed by atoms with Crippen LogP contribution in [0.3, 0.4) is 0 Å². The van der Waals surface area contributed by atoms with E-state index in [1.165, 1.54) is 4.57 Å². The molecule has 0 spiro atoms. The van der Waals surface area contributed by atoms with Gasteiger partial charge in [0.1, 0.15) is 5.69 Å². The first-order valence-electron chi connectivity index (χ1n) is 4.56. The highest BCUT2D eigenvalue weighted by Gasteiger charge is 2.05. The molecular formula is C9H10BrN5O. The molecule has 0 bridgehead atoms. The fourth-order valence-corrected chi connectivity index (χ4v) is 1.84. The minimum Gasteiger partial charge on any atom is -0.333 e. The highest BCUT2D eigenvalue weighted by atomic mass is 79.9. The topological polar surface area (TPSA) is 64.7 Å². The molecule has 2 rings (SSSR count). The van der Waals surface area contributed by atoms with Crippen LogP contribution in [-0.4, -0.2) is 19.6 Å². The quantitative estimate of drug-likeness (QED) is 0.894. The Bertz CT molecular complexity index is 574. The minimum atomic E-state index is -0.117. The summed E-state index contributed by atoms with van der Waals surface area (Å²) in [5.41, 5.74) is 0.339. The van der Waals surface area contributed by atoms with Crippen LogP contribution in [0.5, 0.6) is 0 Å². The number of hydrogen-bond acceptors (Lipinski definition) is 4. The maximum absolute atomic E-state index is 11.8. The Morgan fingerprint density at radius 3 is 2.75 bits per heavy atom. The van der Waals surface area contributed by atoms with Crippen molar-refractivity contribution in [3.8, 4) is 0 Å². The van der Waals surface area contributed by atoms with Gasteiger partial charge < -0.3 is 9.88 Å². The van der Waals surface area contributed by atoms with Gasteiger partial charge >= 0.3 is 0 Å². The number of anilines is 2. The van der Waals surface area contributed by atoms with E-state index in [1.807, 2.05) is 0 Å². The van der Waals surface area contributed by atoms with Crippen LogP contribution in [0.25, 0.3) is 0 Å². The average Bonchev–Trinajstić information content (AvgIpc) is 2.60. The second kappa shape index (κ2) is 4.09. The zero-order valence-corrected chi connectivity index (χ0v) is 10.4. The molecule has 7 heteroatoms. The summed E-state index contributed by atoms with van der Waals surface area (Å²) < 4.78 is 3.87. The van der Waals surface area contributed by atoms with Crippen molar-refractivity contribution in [1.29, 1.82) is 0 Å². The Morgan fingerprint density at radius 1 is 1.38 bits per heavy atom. The fraction of sp³-hybridized carbons (Fsp3) is 0.222. The van der Waals surface area contributed by atoms with E-state index in [9.17, 15) is 4.79 Å². The van der Waals surface area contributed by atoms with E-state index >= 15 is 0 Å². The molecule has 0 saturated heterocycles. The number of rotatable bonds is 2. The predicted octanol–water partition coefficient (Wildman–Crippen LogP) is 1.02. The molecule has 0 saturated carbocycles. The lowest BCUT2D eigenvalue weighted by Crippen LogP contribution is -2.19. The van der Waals surface area contributed by atoms with Crippen molar-refractivity contribution in [3.63, 3.8) is 0 Å². The molecule has 6 nitrogen and oxygen atoms in total. The summed E-state index contributed by atoms with van der Waals surface area (Å²) in [6.07, 6.45) is 3.39. The summed E-state index contributed by atoms with van der Waals surface area (Å²) in [5, 5.41) is 10.5. The molecule has 0 unspecified atom stereocenters. The van der Waals surface area contributed by atoms with Crippen LogP contribution in [0, 0.1) is 0 Å². The van der Waals surface area contributed by atoms with Crippen LogP contribution in [0.2, 0.25) is 0 Å². The van der Waals surface area contributed by atoms with Gasteiger partial charge in [0.25, 0.3) is 5.56 Å². The van der Waals surface area contributed by atoms with Crippen molar-refractivity contribution in [2.45, 2.75) is 0 Å². The summed E-state index contributed by atoms with van der Waals surface area (Å²) in [6, 6.07) is 1.71. The Balaban J connectivity index is 2.38. The van der Waals surface area contributed by atoms with Crippen LogP contribution >= 0.6 is 15.9 Å². The zero-order valence-electron chi connectivity index (χ0n) is 8.81. The van der Waals surface area contributed by atoms with Gasteiger partial charge in [-0.1, -0.05) is 5.21 Å². The summed E-state index contributed by atoms with van der Waals surface area (Å²) in [6.45, 7) is 0. The lowest BCUT2D eigenvalue weighted by Gasteiger charge is -2.04. The molecule has 0 amide bonds. The number of aromatic nitrogens is 4. The van der Waals surface area contributed by atoms with Gasteiger partial charge in [-0.15, -0.1) is 5.10 Å². The molecule has 0 aliphatic heterocycles. The third-order valence-electron chi connectivity index (χ3n) is 2.02. The maximum atomic E-state index is 11.8. The number of nitrogens with one attached hydrogen (secondary N) is 1. The average molecular weight is 284 g/mol. The SMILES string of the molecule is Cn1cc(Nc2cc(Br)cn(C)c2=O)nn1. The number of halogens is 1. The van der Waals surface area contributed by atoms with Crippen molar-refractivity contribution < 1.29 is 0 Å². The molecule has 0 aliphatic carbocycles. The lowest BCUT2D eigenvalue weighted by atomic mass is 10.4. The van der Waals surface area contributed by atoms with Crippen LogP contribution in [-0.2, 0) is 14.1 Å². The third-order valence-corrected chi connectivity index (χ3v) is 2.45. The monoisotopic (exact) mass is 283 g/mol. The molecule has 0 atom stereocenters. The van der Waals surface area contributed by atoms with E-state index in [4.69, 9.17) is 0 Å². The Kier molecular flexibility index (Phi) is 2.78. The molecule has 84 valence electrons. The van der Waals surface area contributed by atoms with Crippen LogP contribution < -0.4 is 10.9 Å². The molecule has 16 heavy (non-hydrogen) atoms. The van der Waals surface area contributed by atoms with E-state index in [-0.39, 0.29) is 5.56 Å². The molecule has 1 N–H and O–H groups in total. The highest BCUT2D eigenvalue weighted by Crippen LogP contribution is 2.14. The number of nitrogens with zero attached hydrogens (tertiary/aromatic N) is 4. The normalized spacial score (nSPS) is 10.4. The van der Waals surface area contributed by atoms with Crippen LogP contribution in [0.4, 0.5) is 11.5 Å². The number of pyridine rings is 1. The zero-order chi connectivity index (χ0) is 11.7. The first-order valence-corrected chi connectivity index (χ1v) is 5.35. The van der Waals surface area contributed by atoms with Gasteiger partial charge in [-0.3, -0.25) is 9.48 Å². The molecular weight excluding hydrogens is 274 g/mol. The Hall–Kier alpha value is -1.63. The molecule has 0 aliphatic rings. The van der Waals surface area contributed by atoms with E-state index in [1.54, 1.807) is 37.2 Å². The summed E-state index contributed by atoms with van der Waals surface area (Å²) in [7, 11) is 3.45. The largest absolute Gasteiger partial charge is 0.333 e. The number of hydrogen-bond donors (Lipinski definition) is 1. The van der Waals surface area contributed by atoms with Gasteiger partial charge in [-0.2, -0.15) is 0 Å². The molecule has 2 aromatic rings. The van der Waals surface area contributed by atoms with Crippen LogP contribution in [0.1, 0.15) is 0 Å². The molecule has 0 radical (unpaired) electrons. The smallest absolute Gasteiger partial charge is 0.274 e. The Labute approximate surface area is 100 Å². The predicted molar refractivity (Wildman–Crippen MR) is 63.7 cm³/mol. The summed E-state index contributed by atoms with van der Waals surface area (Å²) in [5.74, 6) is 0.540. The van der Waals surface area contributed by atoms with Gasteiger partial charge in [-0.05, 0) is 22.0 Å². The highest BCUT2D eigenvalue weighted by molar-refractivity contribution is 9.10. The van der Waals surface area contributed by atoms with E-state index in [0.717, 1.165) is 4.47 Å². The van der Waals surface area contributed by atoms with Crippen molar-refractivity contribution in [3.05, 3.63) is 33.3 Å². The van der Waals surface area contributed by atoms with Gasteiger partial charge in [0.2, 0.25) is 0 Å². The summed E-state index contributed by atoms with van der Waals surface area (Å²) in [4.78, 5) is 11.8. The number of aryl methyl sites for hydroxylation is 2. The van der Waals surface area contributed by atoms with E-state index in [2.05, 4.69) is 31.6 Å². The van der Waals surface area contributed by atoms with Crippen molar-refractivity contribution in [2.24, 2.45) is 14.1 Å². The van der Waals surface area contributed by atoms with Crippen molar-refractivity contribution >= 4 is 27.4 Å². The Morgan fingerprint density at radius 2 is 2.12 bits per heavy atom. The second-order valence-electron chi connectivity index (χ2n) is 3.39. The van der Waals surface area contributed by atoms with Gasteiger partial charge in [0.05, 0.1) is 6.20 Å². The maximum Gasteiger partial charge on any atom is 0.274 e. The molecule has 2 heterocycles. The van der Waals surface area contributed by atoms with Crippen molar-refractivity contribution in [1.82, 2.24) is 19.6 Å². The van der Waals surface area contributed by atoms with Gasteiger partial charge in [0.15, 0.2) is 5.82 Å². The van der Waals surface area contributed by atoms with Gasteiger partial charge in [0, 0.05) is 24.8 Å². The standard InChI is InChI=1S/C9H10BrN5O/c1-14-4-6(10)3-7(9(14)16)11-8-5-15(2)13-12-8/h3-5,11H,1-2H3. The second-order valence-corrected chi connectivity index (χ2v) is 4.31. The van der Waals surface area contributed by atoms with Gasteiger partial charge in [-0.25, -0.2) is 0 Å². The minimum absolute atomic E-state index is 0.117. The fourth-order valence-electron chi connectivity index (χ4n) is 1.30. The third kappa shape index (κ3) is 2.13. The van der Waals surface area contributed by atoms with Crippen molar-refractivity contribution in [2.75, 3.05) is 5.32 Å². The molecule has 0 fully saturated rings. The van der Waals surface area contributed by atoms with E-state index in [0.29, 0.717) is 11.5 Å². The van der Waals surface area contributed by atoms with Crippen LogP contribution in [0.15, 0.2) is 27.7 Å². The first-order chi connectivity index (χ1) is 7.56. The van der Waals surface area contributed by atoms with E-state index < -0.39 is 0 Å². The first kappa shape index (κ1) is 10.9. The molecule has 0 aromatic carbocycles. The molecule has 2 aromatic heterocycles. The lowest BCUT2D eigenvalue weighted by molar-refractivity contribution is 0.715. The summed E-state index contributed by atoms with van der Waals surface area (Å²) >= 11 is 3.32.